The van der Waals surface area contributed by atoms with Crippen LogP contribution in [0.4, 0.5) is 0 Å². The molecule has 0 bridgehead atoms. The SMILES string of the molecule is CCC(C)(OC)c1nc(C(C)(C)C)c(CNC2CC2)s1. The third-order valence-electron chi connectivity index (χ3n) is 4.11. The van der Waals surface area contributed by atoms with Crippen molar-refractivity contribution in [2.45, 2.75) is 77.5 Å². The van der Waals surface area contributed by atoms with Crippen LogP contribution in [0.3, 0.4) is 0 Å². The summed E-state index contributed by atoms with van der Waals surface area (Å²) >= 11 is 1.81. The molecule has 0 amide bonds. The number of methoxy groups -OCH3 is 1. The molecular weight excluding hydrogens is 268 g/mol. The zero-order valence-corrected chi connectivity index (χ0v) is 14.5. The van der Waals surface area contributed by atoms with Gasteiger partial charge < -0.3 is 10.1 Å². The molecule has 0 radical (unpaired) electrons. The van der Waals surface area contributed by atoms with Gasteiger partial charge in [0.2, 0.25) is 0 Å². The van der Waals surface area contributed by atoms with Crippen LogP contribution >= 0.6 is 11.3 Å². The number of rotatable bonds is 6. The average molecular weight is 296 g/mol. The van der Waals surface area contributed by atoms with Crippen molar-refractivity contribution in [2.24, 2.45) is 0 Å². The number of aromatic nitrogens is 1. The molecule has 0 aromatic carbocycles. The summed E-state index contributed by atoms with van der Waals surface area (Å²) in [6.45, 7) is 12.0. The van der Waals surface area contributed by atoms with E-state index in [0.29, 0.717) is 0 Å². The third kappa shape index (κ3) is 3.41. The number of hydrogen-bond donors (Lipinski definition) is 1. The lowest BCUT2D eigenvalue weighted by Gasteiger charge is -2.24. The summed E-state index contributed by atoms with van der Waals surface area (Å²) in [5.74, 6) is 0. The molecule has 0 saturated heterocycles. The minimum absolute atomic E-state index is 0.0811. The molecule has 1 aromatic rings. The van der Waals surface area contributed by atoms with Gasteiger partial charge in [0.05, 0.1) is 5.69 Å². The first kappa shape index (κ1) is 15.9. The van der Waals surface area contributed by atoms with Crippen LogP contribution in [0.25, 0.3) is 0 Å². The lowest BCUT2D eigenvalue weighted by Crippen LogP contribution is -2.23. The van der Waals surface area contributed by atoms with Crippen LogP contribution in [-0.2, 0) is 22.3 Å². The zero-order valence-electron chi connectivity index (χ0n) is 13.7. The Kier molecular flexibility index (Phi) is 4.57. The summed E-state index contributed by atoms with van der Waals surface area (Å²) in [4.78, 5) is 6.32. The maximum absolute atomic E-state index is 5.72. The molecule has 20 heavy (non-hydrogen) atoms. The maximum Gasteiger partial charge on any atom is 0.125 e. The number of ether oxygens (including phenoxy) is 1. The second-order valence-electron chi connectivity index (χ2n) is 6.98. The molecule has 0 spiro atoms. The zero-order chi connectivity index (χ0) is 15.0. The smallest absolute Gasteiger partial charge is 0.125 e. The molecule has 1 atom stereocenters. The van der Waals surface area contributed by atoms with Crippen molar-refractivity contribution < 1.29 is 4.74 Å². The van der Waals surface area contributed by atoms with E-state index in [0.717, 1.165) is 24.0 Å². The van der Waals surface area contributed by atoms with Gasteiger partial charge in [0.25, 0.3) is 0 Å². The van der Waals surface area contributed by atoms with E-state index in [1.165, 1.54) is 23.4 Å². The topological polar surface area (TPSA) is 34.1 Å². The lowest BCUT2D eigenvalue weighted by molar-refractivity contribution is -0.00174. The summed E-state index contributed by atoms with van der Waals surface area (Å²) in [7, 11) is 1.78. The van der Waals surface area contributed by atoms with E-state index >= 15 is 0 Å². The normalized spacial score (nSPS) is 19.1. The van der Waals surface area contributed by atoms with Gasteiger partial charge in [0.15, 0.2) is 0 Å². The Morgan fingerprint density at radius 1 is 1.30 bits per heavy atom. The van der Waals surface area contributed by atoms with Crippen molar-refractivity contribution in [2.75, 3.05) is 7.11 Å². The van der Waals surface area contributed by atoms with Crippen LogP contribution in [-0.4, -0.2) is 18.1 Å². The number of thiazole rings is 1. The van der Waals surface area contributed by atoms with E-state index in [4.69, 9.17) is 9.72 Å². The Bertz CT molecular complexity index is 454. The Hall–Kier alpha value is -0.450. The molecule has 1 N–H and O–H groups in total. The van der Waals surface area contributed by atoms with Crippen molar-refractivity contribution in [3.63, 3.8) is 0 Å². The fraction of sp³-hybridized carbons (Fsp3) is 0.812. The molecule has 1 aliphatic rings. The van der Waals surface area contributed by atoms with Gasteiger partial charge in [-0.2, -0.15) is 0 Å². The van der Waals surface area contributed by atoms with Crippen molar-refractivity contribution in [3.8, 4) is 0 Å². The Balaban J connectivity index is 2.30. The molecule has 1 heterocycles. The highest BCUT2D eigenvalue weighted by atomic mass is 32.1. The molecule has 1 aliphatic carbocycles. The molecule has 0 aliphatic heterocycles. The van der Waals surface area contributed by atoms with Gasteiger partial charge >= 0.3 is 0 Å². The molecule has 1 unspecified atom stereocenters. The highest BCUT2D eigenvalue weighted by Gasteiger charge is 2.32. The first-order valence-electron chi connectivity index (χ1n) is 7.59. The molecule has 4 heteroatoms. The Morgan fingerprint density at radius 2 is 1.95 bits per heavy atom. The highest BCUT2D eigenvalue weighted by molar-refractivity contribution is 7.11. The molecule has 1 fully saturated rings. The Morgan fingerprint density at radius 3 is 2.40 bits per heavy atom. The summed E-state index contributed by atoms with van der Waals surface area (Å²) in [5.41, 5.74) is 1.04. The number of nitrogens with one attached hydrogen (secondary N) is 1. The van der Waals surface area contributed by atoms with Crippen LogP contribution in [0, 0.1) is 0 Å². The van der Waals surface area contributed by atoms with Crippen molar-refractivity contribution in [1.82, 2.24) is 10.3 Å². The summed E-state index contributed by atoms with van der Waals surface area (Å²) in [6.07, 6.45) is 3.58. The van der Waals surface area contributed by atoms with Crippen LogP contribution in [0.5, 0.6) is 0 Å². The van der Waals surface area contributed by atoms with Gasteiger partial charge in [-0.3, -0.25) is 0 Å². The molecular formula is C16H28N2OS. The first-order chi connectivity index (χ1) is 9.30. The van der Waals surface area contributed by atoms with Gasteiger partial charge in [-0.15, -0.1) is 11.3 Å². The monoisotopic (exact) mass is 296 g/mol. The fourth-order valence-electron chi connectivity index (χ4n) is 2.19. The van der Waals surface area contributed by atoms with Gasteiger partial charge in [0, 0.05) is 30.0 Å². The summed E-state index contributed by atoms with van der Waals surface area (Å²) in [6, 6.07) is 0.730. The summed E-state index contributed by atoms with van der Waals surface area (Å²) < 4.78 is 5.72. The van der Waals surface area contributed by atoms with Gasteiger partial charge in [0.1, 0.15) is 10.6 Å². The largest absolute Gasteiger partial charge is 0.371 e. The van der Waals surface area contributed by atoms with Crippen LogP contribution in [0.2, 0.25) is 0 Å². The van der Waals surface area contributed by atoms with E-state index in [1.54, 1.807) is 7.11 Å². The molecule has 2 rings (SSSR count). The second kappa shape index (κ2) is 5.74. The highest BCUT2D eigenvalue weighted by Crippen LogP contribution is 2.37. The average Bonchev–Trinajstić information content (AvgIpc) is 3.11. The van der Waals surface area contributed by atoms with Crippen molar-refractivity contribution >= 4 is 11.3 Å². The van der Waals surface area contributed by atoms with E-state index in [1.807, 2.05) is 11.3 Å². The standard InChI is InChI=1S/C16H28N2OS/c1-7-16(5,19-6)14-18-13(15(2,3)4)12(20-14)10-17-11-8-9-11/h11,17H,7-10H2,1-6H3. The quantitative estimate of drug-likeness (QED) is 0.862. The number of hydrogen-bond acceptors (Lipinski definition) is 4. The fourth-order valence-corrected chi connectivity index (χ4v) is 3.61. The predicted molar refractivity (Wildman–Crippen MR) is 85.3 cm³/mol. The van der Waals surface area contributed by atoms with Crippen molar-refractivity contribution in [3.05, 3.63) is 15.6 Å². The van der Waals surface area contributed by atoms with Gasteiger partial charge in [-0.05, 0) is 26.2 Å². The van der Waals surface area contributed by atoms with Crippen LogP contribution in [0.1, 0.15) is 69.5 Å². The predicted octanol–water partition coefficient (Wildman–Crippen LogP) is 3.96. The van der Waals surface area contributed by atoms with E-state index in [9.17, 15) is 0 Å². The van der Waals surface area contributed by atoms with Crippen molar-refractivity contribution in [1.29, 1.82) is 0 Å². The molecule has 1 aromatic heterocycles. The number of nitrogens with zero attached hydrogens (tertiary/aromatic N) is 1. The second-order valence-corrected chi connectivity index (χ2v) is 8.07. The van der Waals surface area contributed by atoms with Crippen LogP contribution in [0.15, 0.2) is 0 Å². The van der Waals surface area contributed by atoms with E-state index in [2.05, 4.69) is 39.9 Å². The summed E-state index contributed by atoms with van der Waals surface area (Å²) in [5, 5.41) is 4.73. The molecule has 114 valence electrons. The van der Waals surface area contributed by atoms with Crippen LogP contribution < -0.4 is 5.32 Å². The minimum atomic E-state index is -0.261. The molecule has 1 saturated carbocycles. The van der Waals surface area contributed by atoms with Gasteiger partial charge in [-0.1, -0.05) is 27.7 Å². The first-order valence-corrected chi connectivity index (χ1v) is 8.41. The van der Waals surface area contributed by atoms with E-state index < -0.39 is 0 Å². The van der Waals surface area contributed by atoms with Gasteiger partial charge in [-0.25, -0.2) is 4.98 Å². The lowest BCUT2D eigenvalue weighted by atomic mass is 9.91. The third-order valence-corrected chi connectivity index (χ3v) is 5.41. The van der Waals surface area contributed by atoms with E-state index in [-0.39, 0.29) is 11.0 Å². The minimum Gasteiger partial charge on any atom is -0.371 e. The Labute approximate surface area is 127 Å². The molecule has 3 nitrogen and oxygen atoms in total. The maximum atomic E-state index is 5.72.